The zero-order chi connectivity index (χ0) is 18.5. The van der Waals surface area contributed by atoms with Crippen LogP contribution in [-0.4, -0.2) is 20.7 Å². The summed E-state index contributed by atoms with van der Waals surface area (Å²) in [5, 5.41) is 1.88. The molecule has 0 unspecified atom stereocenters. The molecule has 5 rings (SSSR count). The van der Waals surface area contributed by atoms with Crippen LogP contribution in [0.3, 0.4) is 0 Å². The topological polar surface area (TPSA) is 80.4 Å². The Hall–Kier alpha value is -3.52. The lowest BCUT2D eigenvalue weighted by molar-refractivity contribution is 0.111. The molecule has 0 atom stereocenters. The van der Waals surface area contributed by atoms with Crippen molar-refractivity contribution in [1.82, 2.24) is 14.4 Å². The highest BCUT2D eigenvalue weighted by molar-refractivity contribution is 7.15. The van der Waals surface area contributed by atoms with Crippen LogP contribution in [0.1, 0.15) is 10.5 Å². The fourth-order valence-electron chi connectivity index (χ4n) is 3.12. The summed E-state index contributed by atoms with van der Waals surface area (Å²) in [6.07, 6.45) is 0.740. The lowest BCUT2D eigenvalue weighted by atomic mass is 10.1. The number of carbonyl (C=O) groups excluding carboxylic acids is 1. The Bertz CT molecular complexity index is 1380. The van der Waals surface area contributed by atoms with Crippen molar-refractivity contribution in [2.75, 3.05) is 0 Å². The van der Waals surface area contributed by atoms with Crippen LogP contribution in [0.4, 0.5) is 4.39 Å². The predicted molar refractivity (Wildman–Crippen MR) is 99.7 cm³/mol. The molecule has 3 aromatic heterocycles. The minimum Gasteiger partial charge on any atom is -0.408 e. The fourth-order valence-corrected chi connectivity index (χ4v) is 4.02. The SMILES string of the molecule is O=Cc1c(-c2ccc(F)cc2)nc2scc(-c3ccc4[nH]c(=O)oc4c3)n12. The second-order valence-electron chi connectivity index (χ2n) is 5.93. The van der Waals surface area contributed by atoms with Gasteiger partial charge in [-0.1, -0.05) is 6.07 Å². The molecule has 0 amide bonds. The molecule has 27 heavy (non-hydrogen) atoms. The number of fused-ring (bicyclic) bond motifs is 2. The highest BCUT2D eigenvalue weighted by atomic mass is 32.1. The summed E-state index contributed by atoms with van der Waals surface area (Å²) in [5.74, 6) is -0.873. The van der Waals surface area contributed by atoms with Gasteiger partial charge in [0.05, 0.1) is 11.2 Å². The smallest absolute Gasteiger partial charge is 0.408 e. The standard InChI is InChI=1S/C19H10FN3O3S/c20-12-4-1-10(2-5-12)17-14(8-24)23-15(9-27-18(23)22-17)11-3-6-13-16(7-11)26-19(25)21-13/h1-9H,(H,21,25). The summed E-state index contributed by atoms with van der Waals surface area (Å²) in [7, 11) is 0. The van der Waals surface area contributed by atoms with Crippen LogP contribution in [0.2, 0.25) is 0 Å². The molecule has 2 aromatic carbocycles. The number of nitrogens with zero attached hydrogens (tertiary/aromatic N) is 2. The Morgan fingerprint density at radius 2 is 1.93 bits per heavy atom. The minimum absolute atomic E-state index is 0.352. The highest BCUT2D eigenvalue weighted by Gasteiger charge is 2.19. The van der Waals surface area contributed by atoms with Gasteiger partial charge in [-0.15, -0.1) is 11.3 Å². The first-order chi connectivity index (χ1) is 13.1. The van der Waals surface area contributed by atoms with E-state index in [1.165, 1.54) is 23.5 Å². The van der Waals surface area contributed by atoms with Crippen LogP contribution < -0.4 is 5.76 Å². The number of halogens is 1. The van der Waals surface area contributed by atoms with E-state index in [1.807, 2.05) is 11.4 Å². The molecule has 0 radical (unpaired) electrons. The van der Waals surface area contributed by atoms with Crippen LogP contribution in [0.5, 0.6) is 0 Å². The molecule has 0 aliphatic heterocycles. The van der Waals surface area contributed by atoms with Crippen LogP contribution in [0, 0.1) is 5.82 Å². The van der Waals surface area contributed by atoms with E-state index in [4.69, 9.17) is 4.42 Å². The average molecular weight is 379 g/mol. The summed E-state index contributed by atoms with van der Waals surface area (Å²) >= 11 is 1.39. The predicted octanol–water partition coefficient (Wildman–Crippen LogP) is 4.12. The van der Waals surface area contributed by atoms with E-state index in [0.717, 1.165) is 17.5 Å². The van der Waals surface area contributed by atoms with Gasteiger partial charge in [-0.05, 0) is 36.4 Å². The number of hydrogen-bond donors (Lipinski definition) is 1. The molecular formula is C19H10FN3O3S. The average Bonchev–Trinajstić information content (AvgIpc) is 3.33. The number of nitrogens with one attached hydrogen (secondary N) is 1. The number of oxazole rings is 1. The fraction of sp³-hybridized carbons (Fsp3) is 0. The van der Waals surface area contributed by atoms with E-state index in [0.29, 0.717) is 33.0 Å². The molecule has 5 aromatic rings. The van der Waals surface area contributed by atoms with Crippen LogP contribution in [-0.2, 0) is 0 Å². The summed E-state index contributed by atoms with van der Waals surface area (Å²) < 4.78 is 20.1. The van der Waals surface area contributed by atoms with Crippen molar-refractivity contribution in [3.63, 3.8) is 0 Å². The third kappa shape index (κ3) is 2.42. The Morgan fingerprint density at radius 1 is 1.15 bits per heavy atom. The number of thiazole rings is 1. The van der Waals surface area contributed by atoms with E-state index in [2.05, 4.69) is 9.97 Å². The molecular weight excluding hydrogens is 369 g/mol. The van der Waals surface area contributed by atoms with Gasteiger partial charge < -0.3 is 4.42 Å². The summed E-state index contributed by atoms with van der Waals surface area (Å²) in [4.78, 5) is 31.0. The monoisotopic (exact) mass is 379 g/mol. The maximum atomic E-state index is 13.2. The van der Waals surface area contributed by atoms with E-state index < -0.39 is 5.76 Å². The first-order valence-corrected chi connectivity index (χ1v) is 8.86. The first kappa shape index (κ1) is 15.7. The number of benzene rings is 2. The van der Waals surface area contributed by atoms with Gasteiger partial charge in [-0.25, -0.2) is 14.2 Å². The largest absolute Gasteiger partial charge is 0.417 e. The zero-order valence-electron chi connectivity index (χ0n) is 13.6. The third-order valence-electron chi connectivity index (χ3n) is 4.35. The maximum absolute atomic E-state index is 13.2. The summed E-state index contributed by atoms with van der Waals surface area (Å²) in [5.41, 5.74) is 4.10. The van der Waals surface area contributed by atoms with Crippen LogP contribution >= 0.6 is 11.3 Å². The quantitative estimate of drug-likeness (QED) is 0.478. The first-order valence-electron chi connectivity index (χ1n) is 7.98. The Labute approximate surface area is 154 Å². The highest BCUT2D eigenvalue weighted by Crippen LogP contribution is 2.33. The zero-order valence-corrected chi connectivity index (χ0v) is 14.4. The van der Waals surface area contributed by atoms with Gasteiger partial charge in [0.1, 0.15) is 17.2 Å². The lowest BCUT2D eigenvalue weighted by Crippen LogP contribution is -1.94. The molecule has 1 N–H and O–H groups in total. The summed E-state index contributed by atoms with van der Waals surface area (Å²) in [6, 6.07) is 11.2. The van der Waals surface area contributed by atoms with Crippen molar-refractivity contribution in [1.29, 1.82) is 0 Å². The molecule has 0 saturated carbocycles. The Balaban J connectivity index is 1.74. The molecule has 8 heteroatoms. The van der Waals surface area contributed by atoms with Crippen LogP contribution in [0.15, 0.2) is 57.1 Å². The molecule has 0 saturated heterocycles. The molecule has 0 aliphatic carbocycles. The normalized spacial score (nSPS) is 11.4. The van der Waals surface area contributed by atoms with E-state index in [1.54, 1.807) is 28.7 Å². The third-order valence-corrected chi connectivity index (χ3v) is 5.17. The number of hydrogen-bond acceptors (Lipinski definition) is 5. The van der Waals surface area contributed by atoms with E-state index in [9.17, 15) is 14.0 Å². The molecule has 0 spiro atoms. The van der Waals surface area contributed by atoms with Gasteiger partial charge in [0.15, 0.2) is 16.8 Å². The molecule has 0 bridgehead atoms. The van der Waals surface area contributed by atoms with Gasteiger partial charge in [-0.3, -0.25) is 14.2 Å². The minimum atomic E-state index is -0.521. The second kappa shape index (κ2) is 5.75. The van der Waals surface area contributed by atoms with Crippen molar-refractivity contribution >= 4 is 33.7 Å². The summed E-state index contributed by atoms with van der Waals surface area (Å²) in [6.45, 7) is 0. The number of aromatic amines is 1. The second-order valence-corrected chi connectivity index (χ2v) is 6.77. The maximum Gasteiger partial charge on any atom is 0.417 e. The number of rotatable bonds is 3. The van der Waals surface area contributed by atoms with Gasteiger partial charge in [0, 0.05) is 16.5 Å². The van der Waals surface area contributed by atoms with Crippen molar-refractivity contribution in [2.45, 2.75) is 0 Å². The van der Waals surface area contributed by atoms with Crippen molar-refractivity contribution < 1.29 is 13.6 Å². The van der Waals surface area contributed by atoms with Crippen LogP contribution in [0.25, 0.3) is 38.6 Å². The Morgan fingerprint density at radius 3 is 2.70 bits per heavy atom. The van der Waals surface area contributed by atoms with E-state index >= 15 is 0 Å². The number of H-pyrrole nitrogens is 1. The molecule has 3 heterocycles. The molecule has 132 valence electrons. The van der Waals surface area contributed by atoms with Gasteiger partial charge >= 0.3 is 5.76 Å². The molecule has 0 aliphatic rings. The lowest BCUT2D eigenvalue weighted by Gasteiger charge is -2.03. The van der Waals surface area contributed by atoms with Gasteiger partial charge in [-0.2, -0.15) is 0 Å². The van der Waals surface area contributed by atoms with Crippen molar-refractivity contribution in [2.24, 2.45) is 0 Å². The van der Waals surface area contributed by atoms with E-state index in [-0.39, 0.29) is 5.82 Å². The number of carbonyl (C=O) groups is 1. The number of aldehydes is 1. The molecule has 0 fully saturated rings. The van der Waals surface area contributed by atoms with Crippen molar-refractivity contribution in [3.8, 4) is 22.5 Å². The number of aromatic nitrogens is 3. The number of imidazole rings is 1. The molecule has 6 nitrogen and oxygen atoms in total. The van der Waals surface area contributed by atoms with Gasteiger partial charge in [0.2, 0.25) is 0 Å². The Kier molecular flexibility index (Phi) is 3.34. The van der Waals surface area contributed by atoms with Crippen molar-refractivity contribution in [3.05, 3.63) is 69.9 Å². The van der Waals surface area contributed by atoms with Gasteiger partial charge in [0.25, 0.3) is 0 Å².